The van der Waals surface area contributed by atoms with Crippen LogP contribution in [0.2, 0.25) is 0 Å². The van der Waals surface area contributed by atoms with E-state index in [1.165, 1.54) is 18.5 Å². The first-order valence-corrected chi connectivity index (χ1v) is 7.27. The molecule has 3 nitrogen and oxygen atoms in total. The first kappa shape index (κ1) is 14.4. The number of benzene rings is 1. The lowest BCUT2D eigenvalue weighted by atomic mass is 10.1. The van der Waals surface area contributed by atoms with Crippen molar-refractivity contribution >= 4 is 5.69 Å². The van der Waals surface area contributed by atoms with Gasteiger partial charge in [0.05, 0.1) is 12.7 Å². The smallest absolute Gasteiger partial charge is 0.0787 e. The summed E-state index contributed by atoms with van der Waals surface area (Å²) in [5.41, 5.74) is 2.16. The fourth-order valence-electron chi connectivity index (χ4n) is 2.05. The maximum absolute atomic E-state index is 9.76. The number of anilines is 1. The van der Waals surface area contributed by atoms with Crippen molar-refractivity contribution in [3.05, 3.63) is 29.8 Å². The molecule has 0 radical (unpaired) electrons. The Balaban J connectivity index is 1.75. The number of likely N-dealkylation sites (N-methyl/N-ethyl adjacent to an activating group) is 1. The van der Waals surface area contributed by atoms with Gasteiger partial charge in [0.25, 0.3) is 0 Å². The molecule has 0 amide bonds. The van der Waals surface area contributed by atoms with E-state index < -0.39 is 0 Å². The second-order valence-electron chi connectivity index (χ2n) is 5.46. The van der Waals surface area contributed by atoms with Crippen LogP contribution in [0, 0.1) is 5.92 Å². The van der Waals surface area contributed by atoms with Crippen molar-refractivity contribution in [2.45, 2.75) is 32.3 Å². The molecule has 0 bridgehead atoms. The van der Waals surface area contributed by atoms with Gasteiger partial charge in [0.15, 0.2) is 0 Å². The van der Waals surface area contributed by atoms with Crippen molar-refractivity contribution in [1.82, 2.24) is 0 Å². The Morgan fingerprint density at radius 1 is 1.32 bits per heavy atom. The molecule has 0 heterocycles. The molecule has 3 heteroatoms. The molecular formula is C16H25NO2. The van der Waals surface area contributed by atoms with Gasteiger partial charge in [-0.2, -0.15) is 0 Å². The normalized spacial score (nSPS) is 16.4. The van der Waals surface area contributed by atoms with Gasteiger partial charge in [-0.1, -0.05) is 19.1 Å². The summed E-state index contributed by atoms with van der Waals surface area (Å²) in [5, 5.41) is 9.76. The van der Waals surface area contributed by atoms with Gasteiger partial charge in [0.2, 0.25) is 0 Å². The van der Waals surface area contributed by atoms with E-state index in [-0.39, 0.29) is 6.10 Å². The van der Waals surface area contributed by atoms with Gasteiger partial charge in [0.1, 0.15) is 0 Å². The van der Waals surface area contributed by atoms with Crippen LogP contribution in [0.4, 0.5) is 5.69 Å². The van der Waals surface area contributed by atoms with E-state index in [1.54, 1.807) is 0 Å². The number of ether oxygens (including phenoxy) is 1. The van der Waals surface area contributed by atoms with E-state index in [2.05, 4.69) is 24.1 Å². The van der Waals surface area contributed by atoms with E-state index in [0.717, 1.165) is 37.7 Å². The maximum Gasteiger partial charge on any atom is 0.0787 e. The Labute approximate surface area is 116 Å². The number of aliphatic hydroxyl groups is 1. The molecule has 1 aromatic rings. The Morgan fingerprint density at radius 2 is 2.00 bits per heavy atom. The average molecular weight is 263 g/mol. The summed E-state index contributed by atoms with van der Waals surface area (Å²) in [6.45, 7) is 4.60. The summed E-state index contributed by atoms with van der Waals surface area (Å²) in [5.74, 6) is 0.833. The Hall–Kier alpha value is -1.06. The summed E-state index contributed by atoms with van der Waals surface area (Å²) in [6.07, 6.45) is 3.10. The van der Waals surface area contributed by atoms with Gasteiger partial charge in [-0.3, -0.25) is 0 Å². The van der Waals surface area contributed by atoms with Gasteiger partial charge >= 0.3 is 0 Å². The van der Waals surface area contributed by atoms with E-state index in [9.17, 15) is 5.11 Å². The van der Waals surface area contributed by atoms with Gasteiger partial charge in [-0.05, 0) is 42.9 Å². The van der Waals surface area contributed by atoms with Gasteiger partial charge in [-0.25, -0.2) is 0 Å². The number of nitrogens with zero attached hydrogens (tertiary/aromatic N) is 1. The molecular weight excluding hydrogens is 238 g/mol. The van der Waals surface area contributed by atoms with Crippen LogP contribution in [0.15, 0.2) is 24.3 Å². The molecule has 0 unspecified atom stereocenters. The Bertz CT molecular complexity index is 373. The molecule has 2 rings (SSSR count). The fraction of sp³-hybridized carbons (Fsp3) is 0.625. The second-order valence-corrected chi connectivity index (χ2v) is 5.46. The largest absolute Gasteiger partial charge is 0.388 e. The average Bonchev–Trinajstić information content (AvgIpc) is 3.27. The van der Waals surface area contributed by atoms with E-state index >= 15 is 0 Å². The number of hydrogen-bond donors (Lipinski definition) is 1. The van der Waals surface area contributed by atoms with Gasteiger partial charge in [-0.15, -0.1) is 0 Å². The summed E-state index contributed by atoms with van der Waals surface area (Å²) >= 11 is 0. The molecule has 0 aliphatic heterocycles. The van der Waals surface area contributed by atoms with Crippen LogP contribution >= 0.6 is 0 Å². The van der Waals surface area contributed by atoms with Crippen molar-refractivity contribution < 1.29 is 9.84 Å². The number of aliphatic hydroxyl groups excluding tert-OH is 1. The molecule has 1 atom stereocenters. The monoisotopic (exact) mass is 263 g/mol. The van der Waals surface area contributed by atoms with Crippen molar-refractivity contribution in [3.8, 4) is 0 Å². The predicted octanol–water partition coefficient (Wildman–Crippen LogP) is 2.99. The van der Waals surface area contributed by atoms with Crippen LogP contribution in [0.1, 0.15) is 37.9 Å². The summed E-state index contributed by atoms with van der Waals surface area (Å²) in [6, 6.07) is 8.14. The third kappa shape index (κ3) is 4.51. The molecule has 1 aliphatic carbocycles. The summed E-state index contributed by atoms with van der Waals surface area (Å²) in [7, 11) is 2.08. The zero-order valence-electron chi connectivity index (χ0n) is 12.0. The molecule has 19 heavy (non-hydrogen) atoms. The standard InChI is InChI=1S/C16H25NO2/c1-3-16(18)14-6-8-15(9-7-14)17(2)10-11-19-12-13-4-5-13/h6-9,13,16,18H,3-5,10-12H2,1-2H3/t16-/m0/s1. The van der Waals surface area contributed by atoms with Crippen molar-refractivity contribution in [1.29, 1.82) is 0 Å². The van der Waals surface area contributed by atoms with E-state index in [1.807, 2.05) is 19.1 Å². The Morgan fingerprint density at radius 3 is 2.58 bits per heavy atom. The SMILES string of the molecule is CC[C@H](O)c1ccc(N(C)CCOCC2CC2)cc1. The van der Waals surface area contributed by atoms with Gasteiger partial charge in [0, 0.05) is 25.9 Å². The zero-order valence-corrected chi connectivity index (χ0v) is 12.0. The second kappa shape index (κ2) is 6.92. The van der Waals surface area contributed by atoms with Crippen LogP contribution in [0.3, 0.4) is 0 Å². The molecule has 1 fully saturated rings. The lowest BCUT2D eigenvalue weighted by Crippen LogP contribution is -2.22. The van der Waals surface area contributed by atoms with Crippen LogP contribution in [-0.2, 0) is 4.74 Å². The molecule has 0 spiro atoms. The van der Waals surface area contributed by atoms with Crippen LogP contribution in [0.25, 0.3) is 0 Å². The third-order valence-corrected chi connectivity index (χ3v) is 3.73. The first-order chi connectivity index (χ1) is 9.20. The van der Waals surface area contributed by atoms with Crippen LogP contribution in [-0.4, -0.2) is 31.9 Å². The highest BCUT2D eigenvalue weighted by Crippen LogP contribution is 2.28. The quantitative estimate of drug-likeness (QED) is 0.732. The zero-order chi connectivity index (χ0) is 13.7. The molecule has 0 saturated heterocycles. The molecule has 1 N–H and O–H groups in total. The molecule has 1 aromatic carbocycles. The molecule has 1 saturated carbocycles. The predicted molar refractivity (Wildman–Crippen MR) is 78.5 cm³/mol. The minimum atomic E-state index is -0.346. The maximum atomic E-state index is 9.76. The summed E-state index contributed by atoms with van der Waals surface area (Å²) < 4.78 is 5.65. The first-order valence-electron chi connectivity index (χ1n) is 7.27. The lowest BCUT2D eigenvalue weighted by Gasteiger charge is -2.20. The van der Waals surface area contributed by atoms with E-state index in [4.69, 9.17) is 4.74 Å². The van der Waals surface area contributed by atoms with Crippen LogP contribution < -0.4 is 4.90 Å². The molecule has 0 aromatic heterocycles. The van der Waals surface area contributed by atoms with Gasteiger partial charge < -0.3 is 14.7 Å². The number of rotatable bonds is 8. The van der Waals surface area contributed by atoms with Crippen molar-refractivity contribution in [2.24, 2.45) is 5.92 Å². The molecule has 106 valence electrons. The lowest BCUT2D eigenvalue weighted by molar-refractivity contribution is 0.131. The molecule has 1 aliphatic rings. The van der Waals surface area contributed by atoms with E-state index in [0.29, 0.717) is 0 Å². The minimum absolute atomic E-state index is 0.346. The van der Waals surface area contributed by atoms with Crippen LogP contribution in [0.5, 0.6) is 0 Å². The van der Waals surface area contributed by atoms with Crippen molar-refractivity contribution in [3.63, 3.8) is 0 Å². The highest BCUT2D eigenvalue weighted by atomic mass is 16.5. The highest BCUT2D eigenvalue weighted by molar-refractivity contribution is 5.47. The minimum Gasteiger partial charge on any atom is -0.388 e. The Kier molecular flexibility index (Phi) is 5.23. The topological polar surface area (TPSA) is 32.7 Å². The number of hydrogen-bond acceptors (Lipinski definition) is 3. The third-order valence-electron chi connectivity index (χ3n) is 3.73. The summed E-state index contributed by atoms with van der Waals surface area (Å²) in [4.78, 5) is 2.19. The fourth-order valence-corrected chi connectivity index (χ4v) is 2.05. The van der Waals surface area contributed by atoms with Crippen molar-refractivity contribution in [2.75, 3.05) is 31.7 Å². The highest BCUT2D eigenvalue weighted by Gasteiger charge is 2.20.